The number of hydrogen-bond donors (Lipinski definition) is 3. The molecule has 11 heteroatoms. The van der Waals surface area contributed by atoms with Gasteiger partial charge < -0.3 is 30.0 Å². The maximum Gasteiger partial charge on any atom is 0.346 e. The number of fused-ring (bicyclic) bond motifs is 1. The van der Waals surface area contributed by atoms with Gasteiger partial charge >= 0.3 is 11.9 Å². The van der Waals surface area contributed by atoms with Crippen LogP contribution in [-0.2, 0) is 32.2 Å². The van der Waals surface area contributed by atoms with Crippen LogP contribution in [0.3, 0.4) is 0 Å². The van der Waals surface area contributed by atoms with Gasteiger partial charge in [-0.1, -0.05) is 48.5 Å². The minimum absolute atomic E-state index is 0.0344. The molecule has 6 rings (SSSR count). The molecule has 0 aliphatic carbocycles. The molecule has 3 atom stereocenters. The van der Waals surface area contributed by atoms with Crippen LogP contribution in [-0.4, -0.2) is 40.7 Å². The second-order valence-electron chi connectivity index (χ2n) is 11.2. The first kappa shape index (κ1) is 32.1. The number of carbonyl (C=O) groups is 4. The molecule has 3 unspecified atom stereocenters. The number of benzene rings is 4. The molecule has 4 aromatic carbocycles. The summed E-state index contributed by atoms with van der Waals surface area (Å²) < 4.78 is 17.5. The summed E-state index contributed by atoms with van der Waals surface area (Å²) in [7, 11) is 0. The molecular weight excluding hydrogens is 620 g/mol. The molecule has 1 fully saturated rings. The number of amides is 2. The summed E-state index contributed by atoms with van der Waals surface area (Å²) in [5, 5.41) is 15.1. The van der Waals surface area contributed by atoms with Crippen LogP contribution >= 0.6 is 11.8 Å². The summed E-state index contributed by atoms with van der Waals surface area (Å²) in [5.41, 5.74) is 4.72. The number of nitrogens with one attached hydrogen (secondary N) is 2. The van der Waals surface area contributed by atoms with Crippen LogP contribution in [0.25, 0.3) is 0 Å². The van der Waals surface area contributed by atoms with Crippen molar-refractivity contribution < 1.29 is 38.5 Å². The third-order valence-corrected chi connectivity index (χ3v) is 8.98. The molecule has 3 N–H and O–H groups in total. The van der Waals surface area contributed by atoms with Gasteiger partial charge in [0.15, 0.2) is 6.29 Å². The lowest BCUT2D eigenvalue weighted by atomic mass is 10.0. The Hall–Kier alpha value is -4.81. The molecule has 10 nitrogen and oxygen atoms in total. The second kappa shape index (κ2) is 14.3. The van der Waals surface area contributed by atoms with E-state index in [2.05, 4.69) is 15.4 Å². The number of carbonyl (C=O) groups excluding carboxylic acids is 4. The Morgan fingerprint density at radius 1 is 0.830 bits per heavy atom. The van der Waals surface area contributed by atoms with E-state index < -0.39 is 18.2 Å². The van der Waals surface area contributed by atoms with Crippen LogP contribution < -0.4 is 10.6 Å². The van der Waals surface area contributed by atoms with Crippen molar-refractivity contribution >= 4 is 41.2 Å². The van der Waals surface area contributed by atoms with Crippen LogP contribution in [0.15, 0.2) is 95.9 Å². The van der Waals surface area contributed by atoms with Crippen molar-refractivity contribution in [3.05, 3.63) is 130 Å². The molecule has 0 radical (unpaired) electrons. The van der Waals surface area contributed by atoms with E-state index in [1.165, 1.54) is 25.1 Å². The smallest absolute Gasteiger partial charge is 0.346 e. The third kappa shape index (κ3) is 7.78. The van der Waals surface area contributed by atoms with Gasteiger partial charge in [0.25, 0.3) is 5.91 Å². The standard InChI is InChI=1S/C36H32N2O8S/c1-21(40)38-27-11-13-29(14-12-27)47-20-28-17-32(24-6-4-23(19-39)5-7-24)45-36(44-28)25-8-2-22(3-9-25)18-37-33(41)26-10-15-30-31(16-26)35(43)46-34(30)42/h2-16,28,32,36,39H,17-20H2,1H3,(H,37,41)(H,38,40). The summed E-state index contributed by atoms with van der Waals surface area (Å²) >= 11 is 1.66. The summed E-state index contributed by atoms with van der Waals surface area (Å²) in [5.74, 6) is -1.29. The van der Waals surface area contributed by atoms with Gasteiger partial charge in [0, 0.05) is 47.4 Å². The predicted octanol–water partition coefficient (Wildman–Crippen LogP) is 5.72. The monoisotopic (exact) mass is 652 g/mol. The van der Waals surface area contributed by atoms with Gasteiger partial charge in [-0.2, -0.15) is 0 Å². The van der Waals surface area contributed by atoms with Gasteiger partial charge in [0.1, 0.15) is 0 Å². The Labute approximate surface area is 275 Å². The van der Waals surface area contributed by atoms with Crippen molar-refractivity contribution in [2.75, 3.05) is 11.1 Å². The van der Waals surface area contributed by atoms with Gasteiger partial charge in [0.05, 0.1) is 29.9 Å². The Kier molecular flexibility index (Phi) is 9.79. The molecule has 0 aromatic heterocycles. The lowest BCUT2D eigenvalue weighted by Gasteiger charge is -2.36. The summed E-state index contributed by atoms with van der Waals surface area (Å²) in [6.07, 6.45) is -0.343. The normalized spacial score (nSPS) is 18.7. The number of hydrogen-bond acceptors (Lipinski definition) is 9. The van der Waals surface area contributed by atoms with Crippen molar-refractivity contribution in [3.63, 3.8) is 0 Å². The molecule has 2 aliphatic heterocycles. The van der Waals surface area contributed by atoms with E-state index >= 15 is 0 Å². The minimum Gasteiger partial charge on any atom is -0.392 e. The third-order valence-electron chi connectivity index (χ3n) is 7.84. The Morgan fingerprint density at radius 3 is 2.21 bits per heavy atom. The zero-order chi connectivity index (χ0) is 32.9. The van der Waals surface area contributed by atoms with E-state index in [-0.39, 0.29) is 53.9 Å². The van der Waals surface area contributed by atoms with Gasteiger partial charge in [0.2, 0.25) is 5.91 Å². The first-order valence-corrected chi connectivity index (χ1v) is 16.0. The lowest BCUT2D eigenvalue weighted by molar-refractivity contribution is -0.245. The molecule has 0 saturated carbocycles. The molecule has 47 heavy (non-hydrogen) atoms. The number of esters is 2. The van der Waals surface area contributed by atoms with Gasteiger partial charge in [-0.25, -0.2) is 9.59 Å². The van der Waals surface area contributed by atoms with Crippen molar-refractivity contribution in [2.24, 2.45) is 0 Å². The molecule has 2 amide bonds. The molecule has 0 spiro atoms. The summed E-state index contributed by atoms with van der Waals surface area (Å²) in [6.45, 7) is 1.68. The average molecular weight is 653 g/mol. The van der Waals surface area contributed by atoms with Crippen LogP contribution in [0.2, 0.25) is 0 Å². The highest BCUT2D eigenvalue weighted by Crippen LogP contribution is 2.39. The van der Waals surface area contributed by atoms with Crippen LogP contribution in [0.1, 0.15) is 79.1 Å². The molecule has 4 aromatic rings. The average Bonchev–Trinajstić information content (AvgIpc) is 3.38. The van der Waals surface area contributed by atoms with Gasteiger partial charge in [-0.3, -0.25) is 9.59 Å². The number of thioether (sulfide) groups is 1. The number of aliphatic hydroxyl groups is 1. The zero-order valence-electron chi connectivity index (χ0n) is 25.4. The Balaban J connectivity index is 1.11. The highest BCUT2D eigenvalue weighted by Gasteiger charge is 2.33. The molecular formula is C36H32N2O8S. The van der Waals surface area contributed by atoms with Crippen molar-refractivity contribution in [2.45, 2.75) is 49.9 Å². The number of ether oxygens (including phenoxy) is 3. The second-order valence-corrected chi connectivity index (χ2v) is 12.3. The SMILES string of the molecule is CC(=O)Nc1ccc(SCC2CC(c3ccc(CO)cc3)OC(c3ccc(CNC(=O)c4ccc5c(c4)C(=O)OC5=O)cc3)O2)cc1. The maximum absolute atomic E-state index is 12.8. The van der Waals surface area contributed by atoms with Crippen molar-refractivity contribution in [3.8, 4) is 0 Å². The molecule has 2 aliphatic rings. The number of cyclic esters (lactones) is 2. The topological polar surface area (TPSA) is 140 Å². The minimum atomic E-state index is -0.759. The fraction of sp³-hybridized carbons (Fsp3) is 0.222. The first-order chi connectivity index (χ1) is 22.7. The molecule has 1 saturated heterocycles. The maximum atomic E-state index is 12.8. The lowest BCUT2D eigenvalue weighted by Crippen LogP contribution is -2.31. The fourth-order valence-electron chi connectivity index (χ4n) is 5.35. The number of aliphatic hydroxyl groups excluding tert-OH is 1. The predicted molar refractivity (Wildman–Crippen MR) is 174 cm³/mol. The van der Waals surface area contributed by atoms with Gasteiger partial charge in [-0.15, -0.1) is 11.8 Å². The Morgan fingerprint density at radius 2 is 1.51 bits per heavy atom. The number of rotatable bonds is 10. The van der Waals surface area contributed by atoms with E-state index in [0.717, 1.165) is 32.8 Å². The van der Waals surface area contributed by atoms with Crippen molar-refractivity contribution in [1.29, 1.82) is 0 Å². The molecule has 2 heterocycles. The van der Waals surface area contributed by atoms with Crippen LogP contribution in [0.5, 0.6) is 0 Å². The van der Waals surface area contributed by atoms with E-state index in [1.54, 1.807) is 11.8 Å². The first-order valence-electron chi connectivity index (χ1n) is 15.0. The summed E-state index contributed by atoms with van der Waals surface area (Å²) in [6, 6.07) is 27.3. The van der Waals surface area contributed by atoms with E-state index in [1.807, 2.05) is 72.8 Å². The van der Waals surface area contributed by atoms with Crippen molar-refractivity contribution in [1.82, 2.24) is 5.32 Å². The van der Waals surface area contributed by atoms with E-state index in [0.29, 0.717) is 12.2 Å². The van der Waals surface area contributed by atoms with Crippen LogP contribution in [0.4, 0.5) is 5.69 Å². The fourth-order valence-corrected chi connectivity index (χ4v) is 6.27. The zero-order valence-corrected chi connectivity index (χ0v) is 26.3. The quantitative estimate of drug-likeness (QED) is 0.112. The van der Waals surface area contributed by atoms with E-state index in [4.69, 9.17) is 9.47 Å². The van der Waals surface area contributed by atoms with Crippen LogP contribution in [0, 0.1) is 0 Å². The van der Waals surface area contributed by atoms with Gasteiger partial charge in [-0.05, 0) is 59.2 Å². The highest BCUT2D eigenvalue weighted by molar-refractivity contribution is 7.99. The van der Waals surface area contributed by atoms with E-state index in [9.17, 15) is 24.3 Å². The number of anilines is 1. The largest absolute Gasteiger partial charge is 0.392 e. The molecule has 0 bridgehead atoms. The Bertz CT molecular complexity index is 1790. The highest BCUT2D eigenvalue weighted by atomic mass is 32.2. The molecule has 240 valence electrons. The summed E-state index contributed by atoms with van der Waals surface area (Å²) in [4.78, 5) is 48.7.